The molecule has 0 N–H and O–H groups in total. The monoisotopic (exact) mass is 236 g/mol. The molecule has 98 valence electrons. The highest BCUT2D eigenvalue weighted by molar-refractivity contribution is 5.27. The molecule has 1 aromatic rings. The Hall–Kier alpha value is -0.790. The Bertz CT molecular complexity index is 295. The summed E-state index contributed by atoms with van der Waals surface area (Å²) in [5.41, 5.74) is 4.44. The highest BCUT2D eigenvalue weighted by Gasteiger charge is 2.15. The molecule has 2 heteroatoms. The van der Waals surface area contributed by atoms with Crippen molar-refractivity contribution in [2.45, 2.75) is 79.2 Å². The molecule has 0 aromatic carbocycles. The molecule has 0 atom stereocenters. The third-order valence-corrected chi connectivity index (χ3v) is 3.16. The highest BCUT2D eigenvalue weighted by Crippen LogP contribution is 2.20. The second kappa shape index (κ2) is 7.52. The molecule has 0 amide bonds. The number of nitrogens with zero attached hydrogens (tertiary/aromatic N) is 2. The van der Waals surface area contributed by atoms with Gasteiger partial charge in [-0.2, -0.15) is 5.10 Å². The summed E-state index contributed by atoms with van der Waals surface area (Å²) in [7, 11) is 0. The van der Waals surface area contributed by atoms with Crippen LogP contribution in [-0.4, -0.2) is 9.78 Å². The molecule has 0 unspecified atom stereocenters. The van der Waals surface area contributed by atoms with Gasteiger partial charge in [-0.15, -0.1) is 0 Å². The van der Waals surface area contributed by atoms with E-state index in [-0.39, 0.29) is 0 Å². The van der Waals surface area contributed by atoms with Gasteiger partial charge in [0.1, 0.15) is 0 Å². The van der Waals surface area contributed by atoms with Crippen LogP contribution >= 0.6 is 0 Å². The Labute approximate surface area is 106 Å². The summed E-state index contributed by atoms with van der Waals surface area (Å²) in [4.78, 5) is 0. The summed E-state index contributed by atoms with van der Waals surface area (Å²) in [6.45, 7) is 10.1. The van der Waals surface area contributed by atoms with E-state index >= 15 is 0 Å². The molecule has 0 spiro atoms. The summed E-state index contributed by atoms with van der Waals surface area (Å²) < 4.78 is 2.28. The van der Waals surface area contributed by atoms with E-state index in [0.29, 0.717) is 0 Å². The molecular weight excluding hydrogens is 208 g/mol. The van der Waals surface area contributed by atoms with Crippen LogP contribution < -0.4 is 0 Å². The summed E-state index contributed by atoms with van der Waals surface area (Å²) in [5, 5.41) is 4.84. The van der Waals surface area contributed by atoms with Crippen molar-refractivity contribution in [1.29, 1.82) is 0 Å². The Morgan fingerprint density at radius 3 is 2.00 bits per heavy atom. The molecule has 1 rings (SSSR count). The van der Waals surface area contributed by atoms with Crippen LogP contribution in [0.25, 0.3) is 0 Å². The fraction of sp³-hybridized carbons (Fsp3) is 0.800. The molecule has 0 saturated heterocycles. The highest BCUT2D eigenvalue weighted by atomic mass is 15.3. The fourth-order valence-electron chi connectivity index (χ4n) is 2.48. The maximum atomic E-state index is 4.84. The third-order valence-electron chi connectivity index (χ3n) is 3.16. The van der Waals surface area contributed by atoms with Gasteiger partial charge < -0.3 is 0 Å². The van der Waals surface area contributed by atoms with E-state index in [9.17, 15) is 0 Å². The molecule has 1 aromatic heterocycles. The van der Waals surface area contributed by atoms with Crippen molar-refractivity contribution in [1.82, 2.24) is 9.78 Å². The van der Waals surface area contributed by atoms with Gasteiger partial charge in [-0.3, -0.25) is 4.68 Å². The predicted octanol–water partition coefficient (Wildman–Crippen LogP) is 4.15. The maximum absolute atomic E-state index is 4.84. The standard InChI is InChI=1S/C15H28N2/c1-5-9-13-14(10-6-2)16-17(12-8-4)15(13)11-7-3/h5-12H2,1-4H3. The summed E-state index contributed by atoms with van der Waals surface area (Å²) in [5.74, 6) is 0. The largest absolute Gasteiger partial charge is 0.269 e. The topological polar surface area (TPSA) is 17.8 Å². The molecule has 1 heterocycles. The van der Waals surface area contributed by atoms with E-state index in [2.05, 4.69) is 32.4 Å². The van der Waals surface area contributed by atoms with Crippen LogP contribution in [0, 0.1) is 0 Å². The molecule has 0 bridgehead atoms. The molecule has 2 nitrogen and oxygen atoms in total. The summed E-state index contributed by atoms with van der Waals surface area (Å²) >= 11 is 0. The summed E-state index contributed by atoms with van der Waals surface area (Å²) in [6.07, 6.45) is 8.35. The lowest BCUT2D eigenvalue weighted by atomic mass is 10.0. The van der Waals surface area contributed by atoms with Crippen molar-refractivity contribution in [3.05, 3.63) is 17.0 Å². The lowest BCUT2D eigenvalue weighted by molar-refractivity contribution is 0.562. The fourth-order valence-corrected chi connectivity index (χ4v) is 2.48. The molecule has 0 aliphatic heterocycles. The van der Waals surface area contributed by atoms with Crippen LogP contribution in [0.2, 0.25) is 0 Å². The number of hydrogen-bond donors (Lipinski definition) is 0. The van der Waals surface area contributed by atoms with Crippen LogP contribution in [0.4, 0.5) is 0 Å². The van der Waals surface area contributed by atoms with Gasteiger partial charge in [0.15, 0.2) is 0 Å². The van der Waals surface area contributed by atoms with Crippen molar-refractivity contribution >= 4 is 0 Å². The van der Waals surface area contributed by atoms with Gasteiger partial charge in [0, 0.05) is 12.2 Å². The van der Waals surface area contributed by atoms with Gasteiger partial charge in [0.05, 0.1) is 5.69 Å². The average Bonchev–Trinajstić information content (AvgIpc) is 2.61. The van der Waals surface area contributed by atoms with Crippen LogP contribution in [0.15, 0.2) is 0 Å². The Morgan fingerprint density at radius 2 is 1.47 bits per heavy atom. The zero-order valence-corrected chi connectivity index (χ0v) is 12.1. The first-order valence-electron chi connectivity index (χ1n) is 7.35. The summed E-state index contributed by atoms with van der Waals surface area (Å²) in [6, 6.07) is 0. The van der Waals surface area contributed by atoms with Crippen molar-refractivity contribution in [2.24, 2.45) is 0 Å². The second-order valence-corrected chi connectivity index (χ2v) is 4.85. The minimum atomic E-state index is 1.08. The van der Waals surface area contributed by atoms with E-state index in [1.54, 1.807) is 5.56 Å². The van der Waals surface area contributed by atoms with E-state index in [0.717, 1.165) is 13.0 Å². The number of aryl methyl sites for hydroxylation is 2. The van der Waals surface area contributed by atoms with Gasteiger partial charge in [0.25, 0.3) is 0 Å². The Balaban J connectivity index is 3.07. The van der Waals surface area contributed by atoms with Crippen LogP contribution in [0.3, 0.4) is 0 Å². The minimum absolute atomic E-state index is 1.08. The third kappa shape index (κ3) is 3.58. The molecule has 0 fully saturated rings. The molecule has 0 radical (unpaired) electrons. The second-order valence-electron chi connectivity index (χ2n) is 4.85. The number of rotatable bonds is 8. The van der Waals surface area contributed by atoms with Crippen LogP contribution in [-0.2, 0) is 25.8 Å². The van der Waals surface area contributed by atoms with Gasteiger partial charge >= 0.3 is 0 Å². The lowest BCUT2D eigenvalue weighted by Crippen LogP contribution is -2.05. The molecule has 0 aliphatic rings. The number of hydrogen-bond acceptors (Lipinski definition) is 1. The van der Waals surface area contributed by atoms with Crippen molar-refractivity contribution in [2.75, 3.05) is 0 Å². The number of aromatic nitrogens is 2. The predicted molar refractivity (Wildman–Crippen MR) is 74.5 cm³/mol. The van der Waals surface area contributed by atoms with Crippen molar-refractivity contribution < 1.29 is 0 Å². The molecule has 0 saturated carbocycles. The van der Waals surface area contributed by atoms with Crippen molar-refractivity contribution in [3.8, 4) is 0 Å². The molecular formula is C15H28N2. The molecule has 0 aliphatic carbocycles. The SMILES string of the molecule is CCCc1nn(CCC)c(CCC)c1CCC. The van der Waals surface area contributed by atoms with Gasteiger partial charge in [-0.05, 0) is 31.2 Å². The van der Waals surface area contributed by atoms with E-state index in [1.807, 2.05) is 0 Å². The lowest BCUT2D eigenvalue weighted by Gasteiger charge is -2.07. The van der Waals surface area contributed by atoms with Gasteiger partial charge in [-0.1, -0.05) is 47.0 Å². The maximum Gasteiger partial charge on any atom is 0.0659 e. The molecule has 17 heavy (non-hydrogen) atoms. The van der Waals surface area contributed by atoms with Gasteiger partial charge in [-0.25, -0.2) is 0 Å². The Morgan fingerprint density at radius 1 is 0.824 bits per heavy atom. The first kappa shape index (κ1) is 14.3. The van der Waals surface area contributed by atoms with E-state index in [4.69, 9.17) is 5.10 Å². The normalized spacial score (nSPS) is 11.1. The van der Waals surface area contributed by atoms with E-state index < -0.39 is 0 Å². The van der Waals surface area contributed by atoms with Crippen LogP contribution in [0.1, 0.15) is 70.3 Å². The average molecular weight is 236 g/mol. The van der Waals surface area contributed by atoms with Gasteiger partial charge in [0.2, 0.25) is 0 Å². The zero-order valence-electron chi connectivity index (χ0n) is 12.1. The van der Waals surface area contributed by atoms with Crippen molar-refractivity contribution in [3.63, 3.8) is 0 Å². The Kier molecular flexibility index (Phi) is 6.31. The first-order chi connectivity index (χ1) is 8.28. The van der Waals surface area contributed by atoms with Crippen LogP contribution in [0.5, 0.6) is 0 Å². The zero-order chi connectivity index (χ0) is 12.7. The smallest absolute Gasteiger partial charge is 0.0659 e. The minimum Gasteiger partial charge on any atom is -0.269 e. The van der Waals surface area contributed by atoms with E-state index in [1.165, 1.54) is 49.9 Å². The first-order valence-corrected chi connectivity index (χ1v) is 7.35. The quantitative estimate of drug-likeness (QED) is 0.663.